The molecular weight excluding hydrogens is 263 g/mol. The summed E-state index contributed by atoms with van der Waals surface area (Å²) in [6.45, 7) is 0.0851. The third kappa shape index (κ3) is 5.79. The van der Waals surface area contributed by atoms with Gasteiger partial charge in [0, 0.05) is 0 Å². The number of benzene rings is 1. The molecule has 110 valence electrons. The summed E-state index contributed by atoms with van der Waals surface area (Å²) in [4.78, 5) is 22.4. The van der Waals surface area contributed by atoms with Crippen molar-refractivity contribution < 1.29 is 19.1 Å². The molecule has 1 aromatic rings. The number of carbonyl (C=O) groups excluding carboxylic acids is 1. The number of aryl methyl sites for hydroxylation is 1. The van der Waals surface area contributed by atoms with Gasteiger partial charge in [-0.2, -0.15) is 0 Å². The monoisotopic (exact) mass is 282 g/mol. The smallest absolute Gasteiger partial charge is 0.326 e. The molecule has 0 spiro atoms. The van der Waals surface area contributed by atoms with Crippen LogP contribution in [0.3, 0.4) is 0 Å². The molecule has 1 amide bonds. The Morgan fingerprint density at radius 2 is 1.95 bits per heavy atom. The lowest BCUT2D eigenvalue weighted by atomic mass is 10.0. The zero-order valence-corrected chi connectivity index (χ0v) is 11.4. The maximum Gasteiger partial charge on any atom is 0.326 e. The summed E-state index contributed by atoms with van der Waals surface area (Å²) in [5.41, 5.74) is 0.942. The summed E-state index contributed by atoms with van der Waals surface area (Å²) in [6, 6.07) is 5.20. The van der Waals surface area contributed by atoms with E-state index in [1.807, 2.05) is 0 Å². The van der Waals surface area contributed by atoms with Gasteiger partial charge in [0.1, 0.15) is 11.9 Å². The first kappa shape index (κ1) is 16.1. The van der Waals surface area contributed by atoms with Crippen molar-refractivity contribution in [1.82, 2.24) is 10.6 Å². The molecule has 0 heterocycles. The van der Waals surface area contributed by atoms with Crippen LogP contribution in [0.15, 0.2) is 24.3 Å². The van der Waals surface area contributed by atoms with E-state index in [9.17, 15) is 14.0 Å². The molecule has 1 aromatic carbocycles. The van der Waals surface area contributed by atoms with Crippen LogP contribution in [0.5, 0.6) is 0 Å². The molecule has 1 unspecified atom stereocenters. The van der Waals surface area contributed by atoms with Gasteiger partial charge in [0.15, 0.2) is 0 Å². The van der Waals surface area contributed by atoms with E-state index in [0.717, 1.165) is 5.56 Å². The molecule has 6 heteroatoms. The van der Waals surface area contributed by atoms with E-state index in [0.29, 0.717) is 19.3 Å². The highest BCUT2D eigenvalue weighted by Gasteiger charge is 2.18. The Kier molecular flexibility index (Phi) is 6.66. The fourth-order valence-electron chi connectivity index (χ4n) is 1.82. The first-order valence-corrected chi connectivity index (χ1v) is 6.44. The molecule has 5 nitrogen and oxygen atoms in total. The molecule has 0 fully saturated rings. The van der Waals surface area contributed by atoms with Gasteiger partial charge < -0.3 is 15.7 Å². The van der Waals surface area contributed by atoms with Crippen molar-refractivity contribution in [2.45, 2.75) is 25.3 Å². The fraction of sp³-hybridized carbons (Fsp3) is 0.429. The molecule has 0 aliphatic carbocycles. The third-order valence-electron chi connectivity index (χ3n) is 2.84. The summed E-state index contributed by atoms with van der Waals surface area (Å²) in [5.74, 6) is -1.69. The Bertz CT molecular complexity index is 448. The average Bonchev–Trinajstić information content (AvgIpc) is 2.40. The molecule has 0 bridgehead atoms. The molecule has 0 aromatic heterocycles. The first-order valence-electron chi connectivity index (χ1n) is 6.44. The second-order valence-electron chi connectivity index (χ2n) is 4.51. The van der Waals surface area contributed by atoms with Crippen molar-refractivity contribution in [3.8, 4) is 0 Å². The quantitative estimate of drug-likeness (QED) is 0.663. The number of nitrogens with one attached hydrogen (secondary N) is 2. The summed E-state index contributed by atoms with van der Waals surface area (Å²) in [7, 11) is 1.61. The van der Waals surface area contributed by atoms with Crippen molar-refractivity contribution in [2.24, 2.45) is 0 Å². The van der Waals surface area contributed by atoms with Gasteiger partial charge in [0.05, 0.1) is 6.54 Å². The molecule has 0 radical (unpaired) electrons. The van der Waals surface area contributed by atoms with Crippen LogP contribution in [0.25, 0.3) is 0 Å². The molecule has 3 N–H and O–H groups in total. The minimum Gasteiger partial charge on any atom is -0.480 e. The third-order valence-corrected chi connectivity index (χ3v) is 2.84. The molecule has 0 saturated heterocycles. The number of likely N-dealkylation sites (N-methyl/N-ethyl adjacent to an activating group) is 1. The second kappa shape index (κ2) is 8.27. The number of halogens is 1. The van der Waals surface area contributed by atoms with Crippen molar-refractivity contribution in [3.63, 3.8) is 0 Å². The van der Waals surface area contributed by atoms with E-state index in [1.54, 1.807) is 19.2 Å². The summed E-state index contributed by atoms with van der Waals surface area (Å²) in [6.07, 6.45) is 1.58. The van der Waals surface area contributed by atoms with Crippen molar-refractivity contribution in [1.29, 1.82) is 0 Å². The Balaban J connectivity index is 2.41. The van der Waals surface area contributed by atoms with Gasteiger partial charge in [-0.15, -0.1) is 0 Å². The highest BCUT2D eigenvalue weighted by molar-refractivity contribution is 5.84. The minimum absolute atomic E-state index is 0.0851. The first-order chi connectivity index (χ1) is 9.52. The predicted molar refractivity (Wildman–Crippen MR) is 72.8 cm³/mol. The van der Waals surface area contributed by atoms with Gasteiger partial charge in [-0.05, 0) is 44.0 Å². The average molecular weight is 282 g/mol. The molecule has 0 saturated carbocycles. The van der Waals surface area contributed by atoms with Crippen molar-refractivity contribution in [2.75, 3.05) is 13.6 Å². The van der Waals surface area contributed by atoms with Gasteiger partial charge >= 0.3 is 5.97 Å². The van der Waals surface area contributed by atoms with Crippen LogP contribution < -0.4 is 10.6 Å². The van der Waals surface area contributed by atoms with E-state index >= 15 is 0 Å². The maximum absolute atomic E-state index is 12.7. The van der Waals surface area contributed by atoms with E-state index in [1.165, 1.54) is 12.1 Å². The predicted octanol–water partition coefficient (Wildman–Crippen LogP) is 0.937. The highest BCUT2D eigenvalue weighted by Crippen LogP contribution is 2.08. The molecular formula is C14H19FN2O3. The van der Waals surface area contributed by atoms with Crippen LogP contribution in [0.4, 0.5) is 4.39 Å². The standard InChI is InChI=1S/C14H19FN2O3/c1-16-9-13(18)17-12(14(19)20)4-2-3-10-5-7-11(15)8-6-10/h5-8,12,16H,2-4,9H2,1H3,(H,17,18)(H,19,20). The van der Waals surface area contributed by atoms with Gasteiger partial charge in [0.2, 0.25) is 5.91 Å². The Morgan fingerprint density at radius 3 is 2.50 bits per heavy atom. The van der Waals surface area contributed by atoms with E-state index < -0.39 is 12.0 Å². The fourth-order valence-corrected chi connectivity index (χ4v) is 1.82. The van der Waals surface area contributed by atoms with Crippen LogP contribution in [0.2, 0.25) is 0 Å². The van der Waals surface area contributed by atoms with Gasteiger partial charge in [0.25, 0.3) is 0 Å². The van der Waals surface area contributed by atoms with E-state index in [4.69, 9.17) is 5.11 Å². The van der Waals surface area contributed by atoms with Gasteiger partial charge in [-0.1, -0.05) is 12.1 Å². The van der Waals surface area contributed by atoms with Crippen LogP contribution in [0, 0.1) is 5.82 Å². The number of rotatable bonds is 8. The Hall–Kier alpha value is -1.95. The van der Waals surface area contributed by atoms with Crippen LogP contribution in [-0.4, -0.2) is 36.6 Å². The molecule has 20 heavy (non-hydrogen) atoms. The Morgan fingerprint density at radius 1 is 1.30 bits per heavy atom. The number of hydrogen-bond acceptors (Lipinski definition) is 3. The van der Waals surface area contributed by atoms with Gasteiger partial charge in [-0.25, -0.2) is 9.18 Å². The van der Waals surface area contributed by atoms with Gasteiger partial charge in [-0.3, -0.25) is 4.79 Å². The molecule has 0 aliphatic rings. The summed E-state index contributed by atoms with van der Waals surface area (Å²) >= 11 is 0. The zero-order valence-electron chi connectivity index (χ0n) is 11.4. The Labute approximate surface area is 117 Å². The van der Waals surface area contributed by atoms with Crippen LogP contribution in [0.1, 0.15) is 18.4 Å². The van der Waals surface area contributed by atoms with Crippen LogP contribution >= 0.6 is 0 Å². The topological polar surface area (TPSA) is 78.4 Å². The number of carboxylic acid groups (broad SMARTS) is 1. The lowest BCUT2D eigenvalue weighted by Crippen LogP contribution is -2.44. The number of amides is 1. The summed E-state index contributed by atoms with van der Waals surface area (Å²) in [5, 5.41) is 14.1. The number of carbonyl (C=O) groups is 2. The lowest BCUT2D eigenvalue weighted by Gasteiger charge is -2.14. The lowest BCUT2D eigenvalue weighted by molar-refractivity contribution is -0.141. The maximum atomic E-state index is 12.7. The number of hydrogen-bond donors (Lipinski definition) is 3. The highest BCUT2D eigenvalue weighted by atomic mass is 19.1. The molecule has 1 atom stereocenters. The van der Waals surface area contributed by atoms with E-state index in [2.05, 4.69) is 10.6 Å². The zero-order chi connectivity index (χ0) is 15.0. The number of aliphatic carboxylic acids is 1. The SMILES string of the molecule is CNCC(=O)NC(CCCc1ccc(F)cc1)C(=O)O. The van der Waals surface area contributed by atoms with Crippen molar-refractivity contribution >= 4 is 11.9 Å². The van der Waals surface area contributed by atoms with E-state index in [-0.39, 0.29) is 18.3 Å². The second-order valence-corrected chi connectivity index (χ2v) is 4.51. The van der Waals surface area contributed by atoms with Crippen molar-refractivity contribution in [3.05, 3.63) is 35.6 Å². The number of carboxylic acids is 1. The largest absolute Gasteiger partial charge is 0.480 e. The molecule has 0 aliphatic heterocycles. The minimum atomic E-state index is -1.05. The normalized spacial score (nSPS) is 11.9. The molecule has 1 rings (SSSR count). The summed E-state index contributed by atoms with van der Waals surface area (Å²) < 4.78 is 12.7. The van der Waals surface area contributed by atoms with Crippen LogP contribution in [-0.2, 0) is 16.0 Å².